The molecule has 254 valence electrons. The Morgan fingerprint density at radius 1 is 1.13 bits per heavy atom. The van der Waals surface area contributed by atoms with Gasteiger partial charge in [0, 0.05) is 56.1 Å². The SMILES string of the molecule is C[C@@H]1CN([C@H]2Cc3c(C#N)cc(Cl)cc3[C@@H]2Oc2ccc(S(N)(=O)=O)c([C@@H]3CCN(C(=O)CCCN)C3)c2)CCN1C(=O)C(F)(F)F. The Kier molecular flexibility index (Phi) is 10.1. The van der Waals surface area contributed by atoms with E-state index in [0.29, 0.717) is 78.3 Å². The van der Waals surface area contributed by atoms with Gasteiger partial charge in [-0.25, -0.2) is 13.6 Å². The first-order chi connectivity index (χ1) is 22.1. The Morgan fingerprint density at radius 3 is 2.51 bits per heavy atom. The maximum Gasteiger partial charge on any atom is 0.471 e. The fourth-order valence-corrected chi connectivity index (χ4v) is 7.99. The van der Waals surface area contributed by atoms with E-state index in [4.69, 9.17) is 27.2 Å². The van der Waals surface area contributed by atoms with Gasteiger partial charge in [-0.05, 0) is 79.8 Å². The van der Waals surface area contributed by atoms with Crippen LogP contribution in [-0.4, -0.2) is 92.5 Å². The number of benzene rings is 2. The van der Waals surface area contributed by atoms with Crippen molar-refractivity contribution in [3.63, 3.8) is 0 Å². The van der Waals surface area contributed by atoms with Crippen LogP contribution in [0, 0.1) is 11.3 Å². The lowest BCUT2D eigenvalue weighted by molar-refractivity contribution is -0.190. The number of carbonyl (C=O) groups is 2. The maximum absolute atomic E-state index is 13.2. The van der Waals surface area contributed by atoms with E-state index in [2.05, 4.69) is 6.07 Å². The highest BCUT2D eigenvalue weighted by molar-refractivity contribution is 7.89. The van der Waals surface area contributed by atoms with E-state index in [-0.39, 0.29) is 36.4 Å². The van der Waals surface area contributed by atoms with Crippen molar-refractivity contribution in [3.05, 3.63) is 57.6 Å². The number of hydrogen-bond acceptors (Lipinski definition) is 8. The summed E-state index contributed by atoms with van der Waals surface area (Å²) >= 11 is 6.39. The molecule has 16 heteroatoms. The van der Waals surface area contributed by atoms with Gasteiger partial charge in [0.15, 0.2) is 0 Å². The molecule has 0 saturated carbocycles. The van der Waals surface area contributed by atoms with Crippen molar-refractivity contribution < 1.29 is 35.9 Å². The number of nitrogens with two attached hydrogens (primary N) is 2. The number of rotatable bonds is 8. The van der Waals surface area contributed by atoms with Crippen LogP contribution in [0.4, 0.5) is 13.2 Å². The van der Waals surface area contributed by atoms with Crippen molar-refractivity contribution in [1.29, 1.82) is 5.26 Å². The van der Waals surface area contributed by atoms with Crippen LogP contribution < -0.4 is 15.6 Å². The van der Waals surface area contributed by atoms with Crippen LogP contribution in [0.1, 0.15) is 60.5 Å². The number of sulfonamides is 1. The molecule has 0 unspecified atom stereocenters. The third kappa shape index (κ3) is 7.36. The summed E-state index contributed by atoms with van der Waals surface area (Å²) in [6, 6.07) is 8.66. The number of alkyl halides is 3. The molecule has 2 amide bonds. The lowest BCUT2D eigenvalue weighted by Crippen LogP contribution is -2.59. The molecule has 2 aliphatic heterocycles. The van der Waals surface area contributed by atoms with E-state index in [9.17, 15) is 36.4 Å². The maximum atomic E-state index is 13.2. The van der Waals surface area contributed by atoms with Gasteiger partial charge in [0.25, 0.3) is 0 Å². The first kappa shape index (κ1) is 34.9. The van der Waals surface area contributed by atoms with Gasteiger partial charge in [-0.1, -0.05) is 11.6 Å². The number of likely N-dealkylation sites (tertiary alicyclic amines) is 1. The first-order valence-electron chi connectivity index (χ1n) is 15.3. The zero-order valence-electron chi connectivity index (χ0n) is 25.7. The summed E-state index contributed by atoms with van der Waals surface area (Å²) in [5.41, 5.74) is 7.63. The number of hydrogen-bond donors (Lipinski definition) is 2. The fraction of sp³-hybridized carbons (Fsp3) is 0.516. The van der Waals surface area contributed by atoms with E-state index in [1.165, 1.54) is 12.1 Å². The van der Waals surface area contributed by atoms with Crippen molar-refractivity contribution in [1.82, 2.24) is 14.7 Å². The van der Waals surface area contributed by atoms with Gasteiger partial charge in [0.1, 0.15) is 11.9 Å². The van der Waals surface area contributed by atoms with E-state index < -0.39 is 40.3 Å². The van der Waals surface area contributed by atoms with Crippen molar-refractivity contribution in [3.8, 4) is 11.8 Å². The topological polar surface area (TPSA) is 163 Å². The van der Waals surface area contributed by atoms with Crippen molar-refractivity contribution in [2.75, 3.05) is 39.3 Å². The number of piperazine rings is 1. The van der Waals surface area contributed by atoms with E-state index in [1.807, 2.05) is 4.90 Å². The van der Waals surface area contributed by atoms with Crippen LogP contribution in [0.5, 0.6) is 5.75 Å². The van der Waals surface area contributed by atoms with Crippen LogP contribution >= 0.6 is 11.6 Å². The van der Waals surface area contributed by atoms with Gasteiger partial charge in [-0.2, -0.15) is 18.4 Å². The van der Waals surface area contributed by atoms with E-state index >= 15 is 0 Å². The van der Waals surface area contributed by atoms with Gasteiger partial charge >= 0.3 is 12.1 Å². The quantitative estimate of drug-likeness (QED) is 0.426. The highest BCUT2D eigenvalue weighted by Crippen LogP contribution is 2.43. The lowest BCUT2D eigenvalue weighted by Gasteiger charge is -2.43. The number of carbonyl (C=O) groups excluding carboxylic acids is 2. The second kappa shape index (κ2) is 13.6. The summed E-state index contributed by atoms with van der Waals surface area (Å²) in [5, 5.41) is 15.8. The third-order valence-electron chi connectivity index (χ3n) is 9.20. The molecular formula is C31H36ClF3N6O5S. The van der Waals surface area contributed by atoms with Crippen LogP contribution in [-0.2, 0) is 26.0 Å². The summed E-state index contributed by atoms with van der Waals surface area (Å²) in [6.07, 6.45) is -4.04. The third-order valence-corrected chi connectivity index (χ3v) is 10.4. The van der Waals surface area contributed by atoms with Gasteiger partial charge in [-0.15, -0.1) is 0 Å². The molecule has 4 N–H and O–H groups in total. The molecule has 2 aromatic carbocycles. The molecule has 2 heterocycles. The average Bonchev–Trinajstić information content (AvgIpc) is 3.64. The number of halogens is 4. The number of ether oxygens (including phenoxy) is 1. The van der Waals surface area contributed by atoms with Crippen molar-refractivity contribution >= 4 is 33.4 Å². The predicted octanol–water partition coefficient (Wildman–Crippen LogP) is 3.05. The monoisotopic (exact) mass is 696 g/mol. The second-order valence-electron chi connectivity index (χ2n) is 12.2. The summed E-state index contributed by atoms with van der Waals surface area (Å²) < 4.78 is 71.5. The Hall–Kier alpha value is -3.42. The molecule has 4 atom stereocenters. The smallest absolute Gasteiger partial charge is 0.471 e. The summed E-state index contributed by atoms with van der Waals surface area (Å²) in [5.74, 6) is -1.98. The standard InChI is InChI=1S/C31H36ClF3N6O5S/c1-18-16-39(9-10-41(18)30(43)31(33,34)35)26-14-23-20(15-37)11-21(32)12-25(23)29(26)46-22-4-5-27(47(38,44)45)24(13-22)19-6-8-40(17-19)28(42)3-2-7-36/h4-5,11-13,18-19,26,29H,2-3,6-10,14,16-17,36H2,1H3,(H2,38,44,45)/t18-,19-,26+,29+/m1/s1. The van der Waals surface area contributed by atoms with Crippen LogP contribution in [0.15, 0.2) is 35.2 Å². The average molecular weight is 697 g/mol. The molecule has 2 aromatic rings. The minimum absolute atomic E-state index is 0.0654. The number of nitriles is 1. The van der Waals surface area contributed by atoms with Crippen LogP contribution in [0.3, 0.4) is 0 Å². The molecule has 1 aliphatic carbocycles. The second-order valence-corrected chi connectivity index (χ2v) is 14.2. The fourth-order valence-electron chi connectivity index (χ4n) is 6.95. The van der Waals surface area contributed by atoms with Crippen LogP contribution in [0.2, 0.25) is 5.02 Å². The predicted molar refractivity (Wildman–Crippen MR) is 166 cm³/mol. The van der Waals surface area contributed by atoms with Gasteiger partial charge in [0.05, 0.1) is 22.6 Å². The summed E-state index contributed by atoms with van der Waals surface area (Å²) in [4.78, 5) is 29.1. The normalized spacial score (nSPS) is 23.4. The molecule has 0 radical (unpaired) electrons. The molecule has 2 saturated heterocycles. The first-order valence-corrected chi connectivity index (χ1v) is 17.2. The molecular weight excluding hydrogens is 661 g/mol. The highest BCUT2D eigenvalue weighted by Gasteiger charge is 2.47. The zero-order valence-corrected chi connectivity index (χ0v) is 27.2. The minimum Gasteiger partial charge on any atom is -0.484 e. The van der Waals surface area contributed by atoms with E-state index in [0.717, 1.165) is 4.90 Å². The molecule has 0 spiro atoms. The molecule has 3 aliphatic rings. The minimum atomic E-state index is -4.99. The van der Waals surface area contributed by atoms with Crippen molar-refractivity contribution in [2.24, 2.45) is 10.9 Å². The van der Waals surface area contributed by atoms with Gasteiger partial charge in [-0.3, -0.25) is 14.5 Å². The number of primary sulfonamides is 1. The van der Waals surface area contributed by atoms with Gasteiger partial charge in [0.2, 0.25) is 15.9 Å². The molecule has 0 aromatic heterocycles. The van der Waals surface area contributed by atoms with Crippen molar-refractivity contribution in [2.45, 2.75) is 67.8 Å². The largest absolute Gasteiger partial charge is 0.484 e. The molecule has 5 rings (SSSR count). The van der Waals surface area contributed by atoms with E-state index in [1.54, 1.807) is 30.0 Å². The Labute approximate surface area is 276 Å². The molecule has 2 fully saturated rings. The Balaban J connectivity index is 1.47. The summed E-state index contributed by atoms with van der Waals surface area (Å²) in [7, 11) is -4.14. The summed E-state index contributed by atoms with van der Waals surface area (Å²) in [6.45, 7) is 2.77. The molecule has 11 nitrogen and oxygen atoms in total. The number of nitrogens with zero attached hydrogens (tertiary/aromatic N) is 4. The lowest BCUT2D eigenvalue weighted by atomic mass is 9.98. The number of amides is 2. The Bertz CT molecular complexity index is 1700. The highest BCUT2D eigenvalue weighted by atomic mass is 35.5. The van der Waals surface area contributed by atoms with Gasteiger partial charge < -0.3 is 20.3 Å². The molecule has 0 bridgehead atoms. The van der Waals surface area contributed by atoms with Crippen LogP contribution in [0.25, 0.3) is 0 Å². The Morgan fingerprint density at radius 2 is 1.87 bits per heavy atom. The zero-order chi connectivity index (χ0) is 34.3. The number of fused-ring (bicyclic) bond motifs is 1. The molecule has 47 heavy (non-hydrogen) atoms.